The predicted octanol–water partition coefficient (Wildman–Crippen LogP) is 4.84. The Morgan fingerprint density at radius 2 is 1.66 bits per heavy atom. The number of carboxylic acids is 1. The number of rotatable bonds is 5. The maximum absolute atomic E-state index is 13.0. The molecule has 0 radical (unpaired) electrons. The lowest BCUT2D eigenvalue weighted by Crippen LogP contribution is -2.48. The molecule has 6 heteroatoms. The van der Waals surface area contributed by atoms with Crippen LogP contribution in [-0.4, -0.2) is 17.0 Å². The molecule has 4 aliphatic carbocycles. The summed E-state index contributed by atoms with van der Waals surface area (Å²) < 4.78 is 5.76. The molecule has 5 nitrogen and oxygen atoms in total. The van der Waals surface area contributed by atoms with Gasteiger partial charge in [0.05, 0.1) is 11.8 Å². The summed E-state index contributed by atoms with van der Waals surface area (Å²) in [5.74, 6) is -0.0959. The van der Waals surface area contributed by atoms with Crippen molar-refractivity contribution in [3.63, 3.8) is 0 Å². The molecular weight excluding hydrogens is 390 g/mol. The number of ether oxygens (including phenoxy) is 1. The SMILES string of the molecule is O=C(O)[C@H]1[C@@H]2C=C[C@H]([C@H]3C[C@H]23)[C@@H]1C(=O)Nc1ccc(Oc2cccc(Cl)c2)cc1. The molecule has 0 spiro atoms. The number of carbonyl (C=O) groups excluding carboxylic acids is 1. The third-order valence-electron chi connectivity index (χ3n) is 6.39. The van der Waals surface area contributed by atoms with Crippen LogP contribution >= 0.6 is 11.6 Å². The lowest BCUT2D eigenvalue weighted by atomic mass is 9.62. The van der Waals surface area contributed by atoms with Gasteiger partial charge >= 0.3 is 5.97 Å². The molecule has 0 saturated heterocycles. The number of nitrogens with one attached hydrogen (secondary N) is 1. The van der Waals surface area contributed by atoms with Gasteiger partial charge in [-0.3, -0.25) is 9.59 Å². The summed E-state index contributed by atoms with van der Waals surface area (Å²) in [6, 6.07) is 14.1. The van der Waals surface area contributed by atoms with Gasteiger partial charge in [0, 0.05) is 10.7 Å². The number of halogens is 1. The normalized spacial score (nSPS) is 31.1. The zero-order chi connectivity index (χ0) is 20.1. The van der Waals surface area contributed by atoms with Crippen LogP contribution in [0.5, 0.6) is 11.5 Å². The van der Waals surface area contributed by atoms with Gasteiger partial charge in [-0.15, -0.1) is 0 Å². The van der Waals surface area contributed by atoms with Crippen LogP contribution in [0.3, 0.4) is 0 Å². The molecule has 2 aromatic carbocycles. The highest BCUT2D eigenvalue weighted by Gasteiger charge is 2.62. The number of amides is 1. The molecule has 2 bridgehead atoms. The number of benzene rings is 2. The van der Waals surface area contributed by atoms with Gasteiger partial charge in [-0.05, 0) is 72.6 Å². The van der Waals surface area contributed by atoms with Crippen molar-refractivity contribution < 1.29 is 19.4 Å². The Morgan fingerprint density at radius 3 is 2.31 bits per heavy atom. The Labute approximate surface area is 173 Å². The van der Waals surface area contributed by atoms with Crippen molar-refractivity contribution in [2.24, 2.45) is 35.5 Å². The second-order valence-electron chi connectivity index (χ2n) is 8.07. The Hall–Kier alpha value is -2.79. The molecule has 6 atom stereocenters. The van der Waals surface area contributed by atoms with E-state index in [0.29, 0.717) is 34.0 Å². The predicted molar refractivity (Wildman–Crippen MR) is 109 cm³/mol. The van der Waals surface area contributed by atoms with Crippen LogP contribution < -0.4 is 10.1 Å². The molecule has 2 saturated carbocycles. The molecular formula is C23H20ClNO4. The highest BCUT2D eigenvalue weighted by molar-refractivity contribution is 6.30. The maximum atomic E-state index is 13.0. The summed E-state index contributed by atoms with van der Waals surface area (Å²) in [7, 11) is 0. The molecule has 0 aliphatic heterocycles. The first kappa shape index (κ1) is 18.3. The Bertz CT molecular complexity index is 1000. The van der Waals surface area contributed by atoms with Crippen molar-refractivity contribution in [2.45, 2.75) is 6.42 Å². The second-order valence-corrected chi connectivity index (χ2v) is 8.50. The monoisotopic (exact) mass is 409 g/mol. The molecule has 2 aromatic rings. The van der Waals surface area contributed by atoms with E-state index >= 15 is 0 Å². The van der Waals surface area contributed by atoms with E-state index in [9.17, 15) is 14.7 Å². The number of hydrogen-bond acceptors (Lipinski definition) is 3. The van der Waals surface area contributed by atoms with Crippen LogP contribution in [0.1, 0.15) is 6.42 Å². The summed E-state index contributed by atoms with van der Waals surface area (Å²) in [5.41, 5.74) is 0.621. The van der Waals surface area contributed by atoms with Crippen molar-refractivity contribution >= 4 is 29.2 Å². The molecule has 2 N–H and O–H groups in total. The zero-order valence-electron chi connectivity index (χ0n) is 15.5. The van der Waals surface area contributed by atoms with Crippen LogP contribution in [0.4, 0.5) is 5.69 Å². The van der Waals surface area contributed by atoms with E-state index in [1.807, 2.05) is 18.2 Å². The largest absolute Gasteiger partial charge is 0.481 e. The molecule has 0 aromatic heterocycles. The number of fused-ring (bicyclic) bond motifs is 1. The fourth-order valence-corrected chi connectivity index (χ4v) is 5.25. The third-order valence-corrected chi connectivity index (χ3v) is 6.63. The quantitative estimate of drug-likeness (QED) is 0.693. The minimum absolute atomic E-state index is 0.0216. The van der Waals surface area contributed by atoms with Gasteiger partial charge in [0.2, 0.25) is 5.91 Å². The highest BCUT2D eigenvalue weighted by atomic mass is 35.5. The minimum atomic E-state index is -0.875. The molecule has 4 aliphatic rings. The number of allylic oxidation sites excluding steroid dienone is 2. The van der Waals surface area contributed by atoms with E-state index in [0.717, 1.165) is 6.42 Å². The van der Waals surface area contributed by atoms with Crippen molar-refractivity contribution in [3.8, 4) is 11.5 Å². The molecule has 0 unspecified atom stereocenters. The van der Waals surface area contributed by atoms with E-state index in [1.54, 1.807) is 36.4 Å². The Morgan fingerprint density at radius 1 is 0.966 bits per heavy atom. The van der Waals surface area contributed by atoms with Crippen molar-refractivity contribution in [1.82, 2.24) is 0 Å². The lowest BCUT2D eigenvalue weighted by Gasteiger charge is -2.41. The van der Waals surface area contributed by atoms with E-state index in [4.69, 9.17) is 16.3 Å². The molecule has 2 fully saturated rings. The van der Waals surface area contributed by atoms with Crippen LogP contribution in [0.2, 0.25) is 5.02 Å². The summed E-state index contributed by atoms with van der Waals surface area (Å²) in [6.45, 7) is 0. The van der Waals surface area contributed by atoms with Gasteiger partial charge in [-0.1, -0.05) is 29.8 Å². The number of carboxylic acid groups (broad SMARTS) is 1. The van der Waals surface area contributed by atoms with E-state index < -0.39 is 17.8 Å². The fraction of sp³-hybridized carbons (Fsp3) is 0.304. The van der Waals surface area contributed by atoms with Gasteiger partial charge < -0.3 is 15.2 Å². The number of anilines is 1. The van der Waals surface area contributed by atoms with Gasteiger partial charge in [0.25, 0.3) is 0 Å². The summed E-state index contributed by atoms with van der Waals surface area (Å²) in [4.78, 5) is 24.9. The molecule has 1 amide bonds. The summed E-state index contributed by atoms with van der Waals surface area (Å²) >= 11 is 5.97. The van der Waals surface area contributed by atoms with Crippen molar-refractivity contribution in [3.05, 3.63) is 65.7 Å². The average Bonchev–Trinajstić information content (AvgIpc) is 3.51. The van der Waals surface area contributed by atoms with Gasteiger partial charge in [-0.25, -0.2) is 0 Å². The van der Waals surface area contributed by atoms with Crippen LogP contribution in [-0.2, 0) is 9.59 Å². The second kappa shape index (κ2) is 6.92. The van der Waals surface area contributed by atoms with Gasteiger partial charge in [0.15, 0.2) is 0 Å². The topological polar surface area (TPSA) is 75.6 Å². The first-order valence-corrected chi connectivity index (χ1v) is 10.1. The van der Waals surface area contributed by atoms with Crippen molar-refractivity contribution in [2.75, 3.05) is 5.32 Å². The van der Waals surface area contributed by atoms with Gasteiger partial charge in [0.1, 0.15) is 11.5 Å². The van der Waals surface area contributed by atoms with Gasteiger partial charge in [-0.2, -0.15) is 0 Å². The first-order valence-electron chi connectivity index (χ1n) is 9.77. The van der Waals surface area contributed by atoms with E-state index in [1.165, 1.54) is 0 Å². The summed E-state index contributed by atoms with van der Waals surface area (Å²) in [5, 5.41) is 13.2. The Balaban J connectivity index is 1.29. The number of hydrogen-bond donors (Lipinski definition) is 2. The number of carbonyl (C=O) groups is 2. The maximum Gasteiger partial charge on any atom is 0.307 e. The highest BCUT2D eigenvalue weighted by Crippen LogP contribution is 2.63. The van der Waals surface area contributed by atoms with E-state index in [2.05, 4.69) is 11.4 Å². The molecule has 148 valence electrons. The standard InChI is InChI=1S/C23H20ClNO4/c24-12-2-1-3-15(10-12)29-14-6-4-13(5-7-14)25-22(26)20-16-8-9-17(19-11-18(16)19)21(20)23(27)28/h1-10,16-21H,11H2,(H,25,26)(H,27,28)/t16-,17-,18-,19-,20+,21+/m1/s1. The van der Waals surface area contributed by atoms with E-state index in [-0.39, 0.29) is 17.7 Å². The molecule has 6 rings (SSSR count). The minimum Gasteiger partial charge on any atom is -0.481 e. The molecule has 29 heavy (non-hydrogen) atoms. The molecule has 0 heterocycles. The first-order chi connectivity index (χ1) is 14.0. The summed E-state index contributed by atoms with van der Waals surface area (Å²) in [6.07, 6.45) is 5.11. The lowest BCUT2D eigenvalue weighted by molar-refractivity contribution is -0.152. The van der Waals surface area contributed by atoms with Crippen LogP contribution in [0, 0.1) is 35.5 Å². The smallest absolute Gasteiger partial charge is 0.307 e. The fourth-order valence-electron chi connectivity index (χ4n) is 5.07. The zero-order valence-corrected chi connectivity index (χ0v) is 16.3. The van der Waals surface area contributed by atoms with Crippen molar-refractivity contribution in [1.29, 1.82) is 0 Å². The Kier molecular flexibility index (Phi) is 4.36. The van der Waals surface area contributed by atoms with Crippen LogP contribution in [0.25, 0.3) is 0 Å². The average molecular weight is 410 g/mol. The third kappa shape index (κ3) is 3.29. The van der Waals surface area contributed by atoms with Crippen LogP contribution in [0.15, 0.2) is 60.7 Å². The number of aliphatic carboxylic acids is 1.